The van der Waals surface area contributed by atoms with E-state index in [1.54, 1.807) is 30.4 Å². The number of anilines is 1. The Hall–Kier alpha value is -1.98. The van der Waals surface area contributed by atoms with Gasteiger partial charge in [-0.1, -0.05) is 11.6 Å². The molecule has 0 aliphatic heterocycles. The third-order valence-corrected chi connectivity index (χ3v) is 3.81. The number of carbonyl (C=O) groups is 1. The van der Waals surface area contributed by atoms with Gasteiger partial charge in [0, 0.05) is 22.3 Å². The van der Waals surface area contributed by atoms with Crippen LogP contribution in [0.4, 0.5) is 14.5 Å². The number of quaternary nitrogens is 1. The molecule has 3 nitrogen and oxygen atoms in total. The summed E-state index contributed by atoms with van der Waals surface area (Å²) in [5.41, 5.74) is 1.92. The first-order valence-corrected chi connectivity index (χ1v) is 7.59. The van der Waals surface area contributed by atoms with Crippen LogP contribution in [0.15, 0.2) is 36.4 Å². The molecule has 0 fully saturated rings. The summed E-state index contributed by atoms with van der Waals surface area (Å²) in [5.74, 6) is -1.43. The van der Waals surface area contributed by atoms with Gasteiger partial charge in [0.25, 0.3) is 5.91 Å². The van der Waals surface area contributed by atoms with Crippen molar-refractivity contribution < 1.29 is 18.9 Å². The summed E-state index contributed by atoms with van der Waals surface area (Å²) in [6.07, 6.45) is 0. The Morgan fingerprint density at radius 3 is 2.65 bits per heavy atom. The summed E-state index contributed by atoms with van der Waals surface area (Å²) in [7, 11) is 0. The van der Waals surface area contributed by atoms with E-state index in [1.165, 1.54) is 12.1 Å². The Bertz CT molecular complexity index is 722. The van der Waals surface area contributed by atoms with Crippen LogP contribution in [0, 0.1) is 18.6 Å². The van der Waals surface area contributed by atoms with E-state index >= 15 is 0 Å². The molecule has 6 heteroatoms. The Balaban J connectivity index is 1.93. The molecule has 2 aromatic carbocycles. The molecular weight excluding hydrogens is 322 g/mol. The van der Waals surface area contributed by atoms with Crippen LogP contribution < -0.4 is 10.6 Å². The van der Waals surface area contributed by atoms with Crippen LogP contribution in [0.25, 0.3) is 0 Å². The van der Waals surface area contributed by atoms with Gasteiger partial charge >= 0.3 is 0 Å². The highest BCUT2D eigenvalue weighted by Gasteiger charge is 2.16. The second-order valence-corrected chi connectivity index (χ2v) is 5.84. The number of nitrogens with two attached hydrogens (primary N) is 1. The van der Waals surface area contributed by atoms with Crippen molar-refractivity contribution in [3.8, 4) is 0 Å². The monoisotopic (exact) mass is 339 g/mol. The summed E-state index contributed by atoms with van der Waals surface area (Å²) in [6, 6.07) is 8.34. The lowest BCUT2D eigenvalue weighted by atomic mass is 10.1. The minimum Gasteiger partial charge on any atom is -0.332 e. The molecule has 0 aromatic heterocycles. The molecule has 0 aliphatic rings. The van der Waals surface area contributed by atoms with Crippen molar-refractivity contribution >= 4 is 23.2 Å². The van der Waals surface area contributed by atoms with E-state index in [9.17, 15) is 13.6 Å². The third kappa shape index (κ3) is 4.74. The van der Waals surface area contributed by atoms with Gasteiger partial charge in [0.2, 0.25) is 0 Å². The second-order valence-electron chi connectivity index (χ2n) is 5.40. The molecule has 0 saturated heterocycles. The van der Waals surface area contributed by atoms with Crippen molar-refractivity contribution in [2.24, 2.45) is 0 Å². The van der Waals surface area contributed by atoms with E-state index in [0.717, 1.165) is 11.6 Å². The van der Waals surface area contributed by atoms with Crippen molar-refractivity contribution in [2.45, 2.75) is 19.9 Å². The molecule has 1 atom stereocenters. The second kappa shape index (κ2) is 7.53. The highest BCUT2D eigenvalue weighted by Crippen LogP contribution is 2.19. The predicted molar refractivity (Wildman–Crippen MR) is 86.4 cm³/mol. The lowest BCUT2D eigenvalue weighted by Gasteiger charge is -2.13. The number of hydrogen-bond donors (Lipinski definition) is 2. The van der Waals surface area contributed by atoms with Gasteiger partial charge in [0.1, 0.15) is 17.7 Å². The number of nitrogens with one attached hydrogen (secondary N) is 1. The standard InChI is InChI=1S/C17H17ClF2N2O/c1-10-7-12(18)3-6-16(10)22-17(23)9-21-11(2)14-5-4-13(19)8-15(14)20/h3-8,11,21H,9H2,1-2H3,(H,22,23)/p+1/t11-/m0/s1. The largest absolute Gasteiger partial charge is 0.332 e. The molecule has 0 radical (unpaired) electrons. The molecule has 23 heavy (non-hydrogen) atoms. The van der Waals surface area contributed by atoms with Crippen molar-refractivity contribution in [1.82, 2.24) is 0 Å². The molecule has 0 saturated carbocycles. The zero-order chi connectivity index (χ0) is 17.0. The number of carbonyl (C=O) groups excluding carboxylic acids is 1. The first-order valence-electron chi connectivity index (χ1n) is 7.21. The van der Waals surface area contributed by atoms with Gasteiger partial charge in [-0.3, -0.25) is 4.79 Å². The van der Waals surface area contributed by atoms with E-state index in [4.69, 9.17) is 11.6 Å². The van der Waals surface area contributed by atoms with Crippen LogP contribution in [0.5, 0.6) is 0 Å². The normalized spacial score (nSPS) is 12.0. The van der Waals surface area contributed by atoms with E-state index in [1.807, 2.05) is 6.92 Å². The van der Waals surface area contributed by atoms with Gasteiger partial charge in [0.15, 0.2) is 6.54 Å². The van der Waals surface area contributed by atoms with Gasteiger partial charge in [-0.05, 0) is 49.7 Å². The molecule has 0 spiro atoms. The average Bonchev–Trinajstić information content (AvgIpc) is 2.48. The predicted octanol–water partition coefficient (Wildman–Crippen LogP) is 3.19. The smallest absolute Gasteiger partial charge is 0.279 e. The molecular formula is C17H18ClF2N2O+. The zero-order valence-corrected chi connectivity index (χ0v) is 13.6. The van der Waals surface area contributed by atoms with E-state index < -0.39 is 11.6 Å². The summed E-state index contributed by atoms with van der Waals surface area (Å²) in [6.45, 7) is 3.74. The highest BCUT2D eigenvalue weighted by atomic mass is 35.5. The van der Waals surface area contributed by atoms with Crippen LogP contribution >= 0.6 is 11.6 Å². The summed E-state index contributed by atoms with van der Waals surface area (Å²) < 4.78 is 26.6. The molecule has 0 unspecified atom stereocenters. The first-order chi connectivity index (χ1) is 10.9. The lowest BCUT2D eigenvalue weighted by Crippen LogP contribution is -2.86. The van der Waals surface area contributed by atoms with Crippen molar-refractivity contribution in [2.75, 3.05) is 11.9 Å². The molecule has 2 aromatic rings. The van der Waals surface area contributed by atoms with Crippen LogP contribution in [0.3, 0.4) is 0 Å². The van der Waals surface area contributed by atoms with E-state index in [0.29, 0.717) is 16.3 Å². The van der Waals surface area contributed by atoms with Crippen molar-refractivity contribution in [3.63, 3.8) is 0 Å². The van der Waals surface area contributed by atoms with Crippen LogP contribution in [0.2, 0.25) is 5.02 Å². The van der Waals surface area contributed by atoms with Gasteiger partial charge in [-0.2, -0.15) is 0 Å². The molecule has 0 heterocycles. The number of halogens is 3. The minimum absolute atomic E-state index is 0.125. The van der Waals surface area contributed by atoms with E-state index in [-0.39, 0.29) is 18.5 Å². The molecule has 0 aliphatic carbocycles. The highest BCUT2D eigenvalue weighted by molar-refractivity contribution is 6.30. The SMILES string of the molecule is Cc1cc(Cl)ccc1NC(=O)C[NH2+][C@@H](C)c1ccc(F)cc1F. The number of amides is 1. The molecule has 3 N–H and O–H groups in total. The van der Waals surface area contributed by atoms with Crippen LogP contribution in [0.1, 0.15) is 24.1 Å². The topological polar surface area (TPSA) is 45.7 Å². The fraction of sp³-hybridized carbons (Fsp3) is 0.235. The van der Waals surface area contributed by atoms with Gasteiger partial charge in [-0.15, -0.1) is 0 Å². The number of rotatable bonds is 5. The van der Waals surface area contributed by atoms with Crippen LogP contribution in [-0.2, 0) is 4.79 Å². The number of hydrogen-bond acceptors (Lipinski definition) is 1. The van der Waals surface area contributed by atoms with Crippen molar-refractivity contribution in [1.29, 1.82) is 0 Å². The summed E-state index contributed by atoms with van der Waals surface area (Å²) in [5, 5.41) is 5.08. The van der Waals surface area contributed by atoms with Crippen LogP contribution in [-0.4, -0.2) is 12.5 Å². The average molecular weight is 340 g/mol. The number of aryl methyl sites for hydroxylation is 1. The summed E-state index contributed by atoms with van der Waals surface area (Å²) >= 11 is 5.87. The quantitative estimate of drug-likeness (QED) is 0.863. The third-order valence-electron chi connectivity index (χ3n) is 3.57. The molecule has 2 rings (SSSR count). The maximum Gasteiger partial charge on any atom is 0.279 e. The molecule has 122 valence electrons. The molecule has 0 bridgehead atoms. The Kier molecular flexibility index (Phi) is 5.69. The van der Waals surface area contributed by atoms with Gasteiger partial charge < -0.3 is 10.6 Å². The Morgan fingerprint density at radius 1 is 1.26 bits per heavy atom. The maximum atomic E-state index is 13.7. The van der Waals surface area contributed by atoms with Crippen molar-refractivity contribution in [3.05, 3.63) is 64.2 Å². The Morgan fingerprint density at radius 2 is 2.00 bits per heavy atom. The fourth-order valence-corrected chi connectivity index (χ4v) is 2.48. The number of benzene rings is 2. The minimum atomic E-state index is -0.616. The van der Waals surface area contributed by atoms with Gasteiger partial charge in [0.05, 0.1) is 0 Å². The fourth-order valence-electron chi connectivity index (χ4n) is 2.25. The zero-order valence-electron chi connectivity index (χ0n) is 12.9. The van der Waals surface area contributed by atoms with E-state index in [2.05, 4.69) is 5.32 Å². The summed E-state index contributed by atoms with van der Waals surface area (Å²) in [4.78, 5) is 12.0. The Labute approximate surface area is 138 Å². The maximum absolute atomic E-state index is 13.7. The van der Waals surface area contributed by atoms with Gasteiger partial charge in [-0.25, -0.2) is 8.78 Å². The molecule has 1 amide bonds. The lowest BCUT2D eigenvalue weighted by molar-refractivity contribution is -0.682. The first kappa shape index (κ1) is 17.4.